The van der Waals surface area contributed by atoms with Crippen LogP contribution in [0.3, 0.4) is 0 Å². The molecule has 0 unspecified atom stereocenters. The molecule has 102 valence electrons. The van der Waals surface area contributed by atoms with Gasteiger partial charge in [0.25, 0.3) is 0 Å². The van der Waals surface area contributed by atoms with Crippen molar-refractivity contribution in [3.05, 3.63) is 24.3 Å². The normalized spacial score (nSPS) is 11.3. The molecule has 1 aromatic rings. The smallest absolute Gasteiger partial charge is 0.142 e. The van der Waals surface area contributed by atoms with Crippen molar-refractivity contribution < 1.29 is 9.84 Å². The number of ether oxygens (including phenoxy) is 1. The molecule has 0 aliphatic carbocycles. The zero-order valence-corrected chi connectivity index (χ0v) is 11.7. The lowest BCUT2D eigenvalue weighted by molar-refractivity contribution is 0.127. The van der Waals surface area contributed by atoms with Crippen LogP contribution in [0.25, 0.3) is 0 Å². The molecule has 3 nitrogen and oxygen atoms in total. The number of rotatable bonds is 8. The number of para-hydroxylation sites is 2. The minimum atomic E-state index is -0.0423. The molecular formula is C15H25NO2. The molecule has 0 fully saturated rings. The monoisotopic (exact) mass is 251 g/mol. The van der Waals surface area contributed by atoms with Crippen LogP contribution in [0, 0.1) is 5.41 Å². The van der Waals surface area contributed by atoms with Crippen LogP contribution in [0.15, 0.2) is 24.3 Å². The highest BCUT2D eigenvalue weighted by Gasteiger charge is 2.25. The SMILES string of the molecule is CCOc1ccccc1NCC(CC)(CC)CO. The fourth-order valence-corrected chi connectivity index (χ4v) is 1.96. The first kappa shape index (κ1) is 14.8. The van der Waals surface area contributed by atoms with Crippen molar-refractivity contribution in [3.63, 3.8) is 0 Å². The predicted molar refractivity (Wildman–Crippen MR) is 76.2 cm³/mol. The molecule has 0 bridgehead atoms. The molecule has 0 aliphatic heterocycles. The molecule has 0 spiro atoms. The first-order chi connectivity index (χ1) is 8.71. The fraction of sp³-hybridized carbons (Fsp3) is 0.600. The summed E-state index contributed by atoms with van der Waals surface area (Å²) >= 11 is 0. The molecule has 18 heavy (non-hydrogen) atoms. The second-order valence-electron chi connectivity index (χ2n) is 4.65. The van der Waals surface area contributed by atoms with Gasteiger partial charge in [0.1, 0.15) is 5.75 Å². The van der Waals surface area contributed by atoms with Crippen LogP contribution in [0.2, 0.25) is 0 Å². The molecule has 1 rings (SSSR count). The number of hydrogen-bond acceptors (Lipinski definition) is 3. The molecule has 2 N–H and O–H groups in total. The van der Waals surface area contributed by atoms with Crippen LogP contribution in [-0.4, -0.2) is 24.9 Å². The van der Waals surface area contributed by atoms with E-state index in [9.17, 15) is 5.11 Å². The maximum Gasteiger partial charge on any atom is 0.142 e. The third-order valence-corrected chi connectivity index (χ3v) is 3.68. The molecule has 0 heterocycles. The van der Waals surface area contributed by atoms with E-state index in [0.717, 1.165) is 30.8 Å². The van der Waals surface area contributed by atoms with Crippen LogP contribution in [0.5, 0.6) is 5.75 Å². The quantitative estimate of drug-likeness (QED) is 0.745. The van der Waals surface area contributed by atoms with Crippen molar-refractivity contribution in [2.75, 3.05) is 25.1 Å². The van der Waals surface area contributed by atoms with Crippen molar-refractivity contribution in [2.45, 2.75) is 33.6 Å². The summed E-state index contributed by atoms with van der Waals surface area (Å²) in [6, 6.07) is 7.93. The number of aliphatic hydroxyl groups is 1. The molecular weight excluding hydrogens is 226 g/mol. The van der Waals surface area contributed by atoms with Gasteiger partial charge in [0, 0.05) is 12.0 Å². The van der Waals surface area contributed by atoms with Crippen LogP contribution in [-0.2, 0) is 0 Å². The topological polar surface area (TPSA) is 41.5 Å². The van der Waals surface area contributed by atoms with E-state index in [1.165, 1.54) is 0 Å². The Kier molecular flexibility index (Phi) is 5.99. The maximum atomic E-state index is 9.56. The standard InChI is InChI=1S/C15H25NO2/c1-4-15(5-2,12-17)11-16-13-9-7-8-10-14(13)18-6-3/h7-10,16-17H,4-6,11-12H2,1-3H3. The summed E-state index contributed by atoms with van der Waals surface area (Å²) in [6.45, 7) is 7.86. The van der Waals surface area contributed by atoms with Crippen molar-refractivity contribution in [1.82, 2.24) is 0 Å². The molecule has 0 atom stereocenters. The van der Waals surface area contributed by atoms with Gasteiger partial charge in [-0.2, -0.15) is 0 Å². The Bertz CT molecular complexity index is 340. The molecule has 0 aromatic heterocycles. The van der Waals surface area contributed by atoms with Crippen molar-refractivity contribution >= 4 is 5.69 Å². The highest BCUT2D eigenvalue weighted by Crippen LogP contribution is 2.29. The summed E-state index contributed by atoms with van der Waals surface area (Å²) in [5.41, 5.74) is 0.957. The Morgan fingerprint density at radius 3 is 2.39 bits per heavy atom. The first-order valence-electron chi connectivity index (χ1n) is 6.78. The summed E-state index contributed by atoms with van der Waals surface area (Å²) < 4.78 is 5.58. The second-order valence-corrected chi connectivity index (χ2v) is 4.65. The molecule has 0 amide bonds. The third-order valence-electron chi connectivity index (χ3n) is 3.68. The number of aliphatic hydroxyl groups excluding tert-OH is 1. The zero-order chi connectivity index (χ0) is 13.4. The Morgan fingerprint density at radius 2 is 1.83 bits per heavy atom. The van der Waals surface area contributed by atoms with Crippen LogP contribution < -0.4 is 10.1 Å². The minimum absolute atomic E-state index is 0.0423. The summed E-state index contributed by atoms with van der Waals surface area (Å²) in [6.07, 6.45) is 1.92. The van der Waals surface area contributed by atoms with E-state index in [1.807, 2.05) is 31.2 Å². The predicted octanol–water partition coefficient (Wildman–Crippen LogP) is 3.30. The number of benzene rings is 1. The average molecular weight is 251 g/mol. The van der Waals surface area contributed by atoms with Gasteiger partial charge < -0.3 is 15.2 Å². The molecule has 0 aliphatic rings. The summed E-state index contributed by atoms with van der Waals surface area (Å²) in [5.74, 6) is 0.874. The van der Waals surface area contributed by atoms with Crippen LogP contribution in [0.4, 0.5) is 5.69 Å². The zero-order valence-electron chi connectivity index (χ0n) is 11.7. The summed E-state index contributed by atoms with van der Waals surface area (Å²) in [7, 11) is 0. The highest BCUT2D eigenvalue weighted by molar-refractivity contribution is 5.56. The van der Waals surface area contributed by atoms with Crippen molar-refractivity contribution in [3.8, 4) is 5.75 Å². The van der Waals surface area contributed by atoms with E-state index >= 15 is 0 Å². The Hall–Kier alpha value is -1.22. The fourth-order valence-electron chi connectivity index (χ4n) is 1.96. The summed E-state index contributed by atoms with van der Waals surface area (Å²) in [4.78, 5) is 0. The Balaban J connectivity index is 2.72. The molecule has 3 heteroatoms. The van der Waals surface area contributed by atoms with Crippen molar-refractivity contribution in [2.24, 2.45) is 5.41 Å². The molecule has 0 radical (unpaired) electrons. The number of nitrogens with one attached hydrogen (secondary N) is 1. The van der Waals surface area contributed by atoms with E-state index in [1.54, 1.807) is 0 Å². The van der Waals surface area contributed by atoms with Gasteiger partial charge in [-0.25, -0.2) is 0 Å². The van der Waals surface area contributed by atoms with Gasteiger partial charge in [0.2, 0.25) is 0 Å². The Morgan fingerprint density at radius 1 is 1.17 bits per heavy atom. The van der Waals surface area contributed by atoms with Gasteiger partial charge in [-0.1, -0.05) is 26.0 Å². The minimum Gasteiger partial charge on any atom is -0.492 e. The van der Waals surface area contributed by atoms with Gasteiger partial charge in [0.15, 0.2) is 0 Å². The molecule has 1 aromatic carbocycles. The Labute approximate surface area is 110 Å². The van der Waals surface area contributed by atoms with Gasteiger partial charge in [0.05, 0.1) is 18.9 Å². The third kappa shape index (κ3) is 3.64. The lowest BCUT2D eigenvalue weighted by Gasteiger charge is -2.30. The van der Waals surface area contributed by atoms with Gasteiger partial charge in [-0.05, 0) is 31.9 Å². The number of hydrogen-bond donors (Lipinski definition) is 2. The second kappa shape index (κ2) is 7.27. The van der Waals surface area contributed by atoms with Crippen LogP contribution in [0.1, 0.15) is 33.6 Å². The van der Waals surface area contributed by atoms with Gasteiger partial charge in [-0.3, -0.25) is 0 Å². The van der Waals surface area contributed by atoms with Crippen molar-refractivity contribution in [1.29, 1.82) is 0 Å². The van der Waals surface area contributed by atoms with E-state index in [0.29, 0.717) is 6.61 Å². The largest absolute Gasteiger partial charge is 0.492 e. The average Bonchev–Trinajstić information content (AvgIpc) is 2.43. The maximum absolute atomic E-state index is 9.56. The van der Waals surface area contributed by atoms with Gasteiger partial charge in [-0.15, -0.1) is 0 Å². The van der Waals surface area contributed by atoms with Gasteiger partial charge >= 0.3 is 0 Å². The van der Waals surface area contributed by atoms with E-state index < -0.39 is 0 Å². The van der Waals surface area contributed by atoms with Crippen LogP contribution >= 0.6 is 0 Å². The number of anilines is 1. The lowest BCUT2D eigenvalue weighted by Crippen LogP contribution is -2.32. The molecule has 0 saturated carbocycles. The summed E-state index contributed by atoms with van der Waals surface area (Å²) in [5, 5.41) is 13.0. The van der Waals surface area contributed by atoms with E-state index in [-0.39, 0.29) is 12.0 Å². The lowest BCUT2D eigenvalue weighted by atomic mass is 9.83. The van der Waals surface area contributed by atoms with E-state index in [2.05, 4.69) is 19.2 Å². The molecule has 0 saturated heterocycles. The first-order valence-corrected chi connectivity index (χ1v) is 6.78. The van der Waals surface area contributed by atoms with E-state index in [4.69, 9.17) is 4.74 Å². The highest BCUT2D eigenvalue weighted by atomic mass is 16.5.